The third-order valence-electron chi connectivity index (χ3n) is 7.44. The van der Waals surface area contributed by atoms with Crippen LogP contribution in [-0.4, -0.2) is 49.9 Å². The molecule has 1 saturated carbocycles. The number of ether oxygens (including phenoxy) is 1. The molecule has 1 unspecified atom stereocenters. The Morgan fingerprint density at radius 2 is 1.79 bits per heavy atom. The van der Waals surface area contributed by atoms with E-state index in [2.05, 4.69) is 68.1 Å². The minimum atomic E-state index is -0.749. The molecule has 2 aliphatic rings. The third-order valence-corrected chi connectivity index (χ3v) is 7.44. The topological polar surface area (TPSA) is 96.0 Å². The van der Waals surface area contributed by atoms with E-state index in [0.29, 0.717) is 12.4 Å². The van der Waals surface area contributed by atoms with Gasteiger partial charge in [-0.25, -0.2) is 4.90 Å². The zero-order chi connectivity index (χ0) is 23.6. The average Bonchev–Trinajstić information content (AvgIpc) is 3.62. The van der Waals surface area contributed by atoms with Crippen LogP contribution in [0.15, 0.2) is 48.5 Å². The molecule has 2 heterocycles. The van der Waals surface area contributed by atoms with E-state index in [4.69, 9.17) is 4.74 Å². The first kappa shape index (κ1) is 22.7. The fourth-order valence-electron chi connectivity index (χ4n) is 5.62. The highest BCUT2D eigenvalue weighted by atomic mass is 16.5. The van der Waals surface area contributed by atoms with Crippen LogP contribution >= 0.6 is 0 Å². The number of rotatable bonds is 8. The molecule has 8 nitrogen and oxygen atoms in total. The van der Waals surface area contributed by atoms with Crippen molar-refractivity contribution in [2.75, 3.05) is 7.11 Å². The van der Waals surface area contributed by atoms with E-state index in [1.54, 1.807) is 7.11 Å². The van der Waals surface area contributed by atoms with E-state index in [9.17, 15) is 4.79 Å². The summed E-state index contributed by atoms with van der Waals surface area (Å²) in [6.45, 7) is 2.82. The Morgan fingerprint density at radius 3 is 2.44 bits per heavy atom. The van der Waals surface area contributed by atoms with Crippen molar-refractivity contribution in [3.63, 3.8) is 0 Å². The minimum absolute atomic E-state index is 0.119. The molecule has 0 bridgehead atoms. The van der Waals surface area contributed by atoms with Gasteiger partial charge in [0.25, 0.3) is 0 Å². The predicted molar refractivity (Wildman–Crippen MR) is 129 cm³/mol. The molecule has 2 N–H and O–H groups in total. The zero-order valence-corrected chi connectivity index (χ0v) is 19.9. The van der Waals surface area contributed by atoms with Crippen molar-refractivity contribution in [1.29, 1.82) is 0 Å². The number of benzene rings is 2. The number of amides is 1. The molecule has 1 amide bonds. The monoisotopic (exact) mass is 460 g/mol. The van der Waals surface area contributed by atoms with Gasteiger partial charge in [0.1, 0.15) is 5.54 Å². The Hall–Kier alpha value is -3.10. The number of carbonyl (C=O) groups is 1. The zero-order valence-electron chi connectivity index (χ0n) is 19.9. The summed E-state index contributed by atoms with van der Waals surface area (Å²) in [6.07, 6.45) is 6.73. The van der Waals surface area contributed by atoms with E-state index in [0.717, 1.165) is 67.2 Å². The highest BCUT2D eigenvalue weighted by molar-refractivity contribution is 5.89. The number of nitrogens with zero attached hydrogens (tertiary/aromatic N) is 4. The van der Waals surface area contributed by atoms with Gasteiger partial charge in [-0.05, 0) is 41.2 Å². The van der Waals surface area contributed by atoms with Crippen LogP contribution in [0.1, 0.15) is 57.4 Å². The van der Waals surface area contributed by atoms with Crippen molar-refractivity contribution in [2.24, 2.45) is 0 Å². The summed E-state index contributed by atoms with van der Waals surface area (Å²) >= 11 is 0. The van der Waals surface area contributed by atoms with E-state index in [-0.39, 0.29) is 5.91 Å². The van der Waals surface area contributed by atoms with Crippen molar-refractivity contribution in [2.45, 2.75) is 69.8 Å². The molecule has 8 heteroatoms. The quantitative estimate of drug-likeness (QED) is 0.521. The lowest BCUT2D eigenvalue weighted by atomic mass is 9.93. The van der Waals surface area contributed by atoms with Gasteiger partial charge in [0, 0.05) is 25.6 Å². The van der Waals surface area contributed by atoms with Crippen LogP contribution in [0.3, 0.4) is 0 Å². The summed E-state index contributed by atoms with van der Waals surface area (Å²) < 4.78 is 6.06. The molecule has 1 spiro atoms. The molecule has 1 aromatic heterocycles. The Balaban J connectivity index is 1.45. The number of nitrogens with one attached hydrogen (secondary N) is 2. The minimum Gasteiger partial charge on any atom is -0.346 e. The van der Waals surface area contributed by atoms with Crippen LogP contribution < -0.4 is 5.32 Å². The Labute approximate surface area is 200 Å². The van der Waals surface area contributed by atoms with E-state index >= 15 is 0 Å². The first-order chi connectivity index (χ1) is 16.6. The summed E-state index contributed by atoms with van der Waals surface area (Å²) in [6, 6.07) is 16.6. The van der Waals surface area contributed by atoms with Gasteiger partial charge in [-0.2, -0.15) is 5.21 Å². The normalized spacial score (nSPS) is 21.9. The second-order valence-corrected chi connectivity index (χ2v) is 9.35. The maximum atomic E-state index is 13.3. The molecule has 1 atom stereocenters. The Kier molecular flexibility index (Phi) is 6.18. The number of tetrazole rings is 1. The lowest BCUT2D eigenvalue weighted by Crippen LogP contribution is -2.57. The number of unbranched alkanes of at least 4 members (excludes halogenated alkanes) is 1. The summed E-state index contributed by atoms with van der Waals surface area (Å²) in [4.78, 5) is 15.6. The van der Waals surface area contributed by atoms with Crippen LogP contribution in [-0.2, 0) is 16.1 Å². The summed E-state index contributed by atoms with van der Waals surface area (Å²) in [7, 11) is 1.72. The number of carbonyl (C=O) groups excluding carboxylic acids is 1. The van der Waals surface area contributed by atoms with Crippen molar-refractivity contribution < 1.29 is 9.53 Å². The van der Waals surface area contributed by atoms with E-state index in [1.165, 1.54) is 0 Å². The first-order valence-corrected chi connectivity index (χ1v) is 12.2. The van der Waals surface area contributed by atoms with Crippen molar-refractivity contribution >= 4 is 5.91 Å². The molecular weight excluding hydrogens is 428 g/mol. The van der Waals surface area contributed by atoms with Gasteiger partial charge in [-0.15, -0.1) is 10.2 Å². The van der Waals surface area contributed by atoms with Crippen LogP contribution in [0, 0.1) is 0 Å². The molecular formula is C26H32N6O2. The SMILES string of the molecule is CCCCC1(OC)NC(=O)C2(CCCC2)N1Cc1ccc(-c2ccccc2-c2nn[nH]n2)cc1. The molecule has 3 aromatic rings. The molecule has 178 valence electrons. The molecule has 1 saturated heterocycles. The number of H-pyrrole nitrogens is 1. The van der Waals surface area contributed by atoms with Crippen LogP contribution in [0.25, 0.3) is 22.5 Å². The number of methoxy groups -OCH3 is 1. The summed E-state index contributed by atoms with van der Waals surface area (Å²) in [5, 5.41) is 17.8. The molecule has 1 aliphatic carbocycles. The fourth-order valence-corrected chi connectivity index (χ4v) is 5.62. The predicted octanol–water partition coefficient (Wildman–Crippen LogP) is 4.27. The van der Waals surface area contributed by atoms with Crippen molar-refractivity contribution in [1.82, 2.24) is 30.8 Å². The highest BCUT2D eigenvalue weighted by Gasteiger charge is 2.61. The maximum Gasteiger partial charge on any atom is 0.243 e. The molecule has 34 heavy (non-hydrogen) atoms. The van der Waals surface area contributed by atoms with E-state index < -0.39 is 11.4 Å². The number of hydrogen-bond acceptors (Lipinski definition) is 6. The Morgan fingerprint density at radius 1 is 1.06 bits per heavy atom. The van der Waals surface area contributed by atoms with Crippen LogP contribution in [0.4, 0.5) is 0 Å². The number of hydrogen-bond donors (Lipinski definition) is 2. The van der Waals surface area contributed by atoms with E-state index in [1.807, 2.05) is 18.2 Å². The van der Waals surface area contributed by atoms with Gasteiger partial charge in [-0.3, -0.25) is 4.79 Å². The summed E-state index contributed by atoms with van der Waals surface area (Å²) in [5.74, 6) is -0.0552. The van der Waals surface area contributed by atoms with Gasteiger partial charge >= 0.3 is 0 Å². The summed E-state index contributed by atoms with van der Waals surface area (Å²) in [5.41, 5.74) is 3.74. The standard InChI is InChI=1S/C26H32N6O2/c1-3-4-17-26(34-2)27-24(33)25(15-7-8-16-25)32(26)18-19-11-13-20(14-12-19)21-9-5-6-10-22(21)23-28-30-31-29-23/h5-6,9-14H,3-4,7-8,15-18H2,1-2H3,(H,27,33)(H,28,29,30,31). The van der Waals surface area contributed by atoms with Gasteiger partial charge in [0.05, 0.1) is 0 Å². The van der Waals surface area contributed by atoms with Crippen molar-refractivity contribution in [3.8, 4) is 22.5 Å². The molecule has 1 aliphatic heterocycles. The van der Waals surface area contributed by atoms with Gasteiger partial charge in [0.15, 0.2) is 0 Å². The largest absolute Gasteiger partial charge is 0.346 e. The molecule has 2 fully saturated rings. The Bertz CT molecular complexity index is 1120. The third kappa shape index (κ3) is 3.80. The second-order valence-electron chi connectivity index (χ2n) is 9.35. The lowest BCUT2D eigenvalue weighted by molar-refractivity contribution is -0.164. The fraction of sp³-hybridized carbons (Fsp3) is 0.462. The molecule has 0 radical (unpaired) electrons. The smallest absolute Gasteiger partial charge is 0.243 e. The first-order valence-electron chi connectivity index (χ1n) is 12.2. The molecule has 5 rings (SSSR count). The second kappa shape index (κ2) is 9.27. The van der Waals surface area contributed by atoms with Gasteiger partial charge < -0.3 is 10.1 Å². The average molecular weight is 461 g/mol. The number of aromatic nitrogens is 4. The highest BCUT2D eigenvalue weighted by Crippen LogP contribution is 2.46. The van der Waals surface area contributed by atoms with Gasteiger partial charge in [-0.1, -0.05) is 74.7 Å². The van der Waals surface area contributed by atoms with Crippen molar-refractivity contribution in [3.05, 3.63) is 54.1 Å². The maximum absolute atomic E-state index is 13.3. The number of aromatic amines is 1. The van der Waals surface area contributed by atoms with Crippen LogP contribution in [0.2, 0.25) is 0 Å². The lowest BCUT2D eigenvalue weighted by Gasteiger charge is -2.42. The van der Waals surface area contributed by atoms with Gasteiger partial charge in [0.2, 0.25) is 17.6 Å². The molecule has 2 aromatic carbocycles. The van der Waals surface area contributed by atoms with Crippen LogP contribution in [0.5, 0.6) is 0 Å².